The molecule has 0 radical (unpaired) electrons. The average molecular weight is 275 g/mol. The zero-order valence-corrected chi connectivity index (χ0v) is 11.6. The number of anilines is 1. The van der Waals surface area contributed by atoms with Crippen LogP contribution in [0.5, 0.6) is 6.01 Å². The first-order chi connectivity index (χ1) is 8.56. The SMILES string of the molecule is CCCOc1nc(Cl)nc(N[C@H](CO)C(C)C)n1. The monoisotopic (exact) mass is 274 g/mol. The van der Waals surface area contributed by atoms with Crippen LogP contribution in [0.25, 0.3) is 0 Å². The van der Waals surface area contributed by atoms with E-state index in [0.29, 0.717) is 12.6 Å². The molecule has 0 aliphatic heterocycles. The molecule has 1 atom stereocenters. The summed E-state index contributed by atoms with van der Waals surface area (Å²) in [6.07, 6.45) is 0.858. The van der Waals surface area contributed by atoms with Gasteiger partial charge in [0.1, 0.15) is 0 Å². The first-order valence-corrected chi connectivity index (χ1v) is 6.36. The van der Waals surface area contributed by atoms with Gasteiger partial charge in [-0.3, -0.25) is 0 Å². The number of aliphatic hydroxyl groups excluding tert-OH is 1. The van der Waals surface area contributed by atoms with Gasteiger partial charge < -0.3 is 15.2 Å². The van der Waals surface area contributed by atoms with Crippen LogP contribution in [-0.2, 0) is 0 Å². The van der Waals surface area contributed by atoms with Crippen molar-refractivity contribution < 1.29 is 9.84 Å². The molecule has 0 aliphatic rings. The molecule has 2 N–H and O–H groups in total. The second-order valence-electron chi connectivity index (χ2n) is 4.24. The van der Waals surface area contributed by atoms with Gasteiger partial charge in [-0.1, -0.05) is 20.8 Å². The maximum absolute atomic E-state index is 9.24. The lowest BCUT2D eigenvalue weighted by atomic mass is 10.1. The second-order valence-corrected chi connectivity index (χ2v) is 4.57. The fourth-order valence-electron chi connectivity index (χ4n) is 1.24. The topological polar surface area (TPSA) is 80.2 Å². The zero-order valence-electron chi connectivity index (χ0n) is 10.9. The Kier molecular flexibility index (Phi) is 6.07. The number of aliphatic hydroxyl groups is 1. The van der Waals surface area contributed by atoms with Crippen LogP contribution in [0.15, 0.2) is 0 Å². The molecule has 1 aromatic rings. The minimum Gasteiger partial charge on any atom is -0.463 e. The van der Waals surface area contributed by atoms with Crippen molar-refractivity contribution in [3.63, 3.8) is 0 Å². The summed E-state index contributed by atoms with van der Waals surface area (Å²) in [6, 6.07) is 0.0577. The van der Waals surface area contributed by atoms with E-state index in [-0.39, 0.29) is 29.9 Å². The molecule has 0 fully saturated rings. The lowest BCUT2D eigenvalue weighted by Gasteiger charge is -2.19. The zero-order chi connectivity index (χ0) is 13.5. The van der Waals surface area contributed by atoms with Crippen molar-refractivity contribution in [2.24, 2.45) is 5.92 Å². The van der Waals surface area contributed by atoms with Crippen LogP contribution in [0.1, 0.15) is 27.2 Å². The van der Waals surface area contributed by atoms with E-state index >= 15 is 0 Å². The average Bonchev–Trinajstić information content (AvgIpc) is 2.32. The minimum absolute atomic E-state index is 0.00782. The van der Waals surface area contributed by atoms with Crippen molar-refractivity contribution in [2.75, 3.05) is 18.5 Å². The van der Waals surface area contributed by atoms with Gasteiger partial charge in [0, 0.05) is 0 Å². The third-order valence-corrected chi connectivity index (χ3v) is 2.51. The highest BCUT2D eigenvalue weighted by atomic mass is 35.5. The summed E-state index contributed by atoms with van der Waals surface area (Å²) in [4.78, 5) is 11.9. The van der Waals surface area contributed by atoms with Crippen LogP contribution in [0, 0.1) is 5.92 Å². The molecular weight excluding hydrogens is 256 g/mol. The van der Waals surface area contributed by atoms with Crippen LogP contribution in [0.4, 0.5) is 5.95 Å². The van der Waals surface area contributed by atoms with Crippen molar-refractivity contribution in [1.82, 2.24) is 15.0 Å². The molecule has 7 heteroatoms. The van der Waals surface area contributed by atoms with Crippen LogP contribution >= 0.6 is 11.6 Å². The van der Waals surface area contributed by atoms with Crippen LogP contribution < -0.4 is 10.1 Å². The van der Waals surface area contributed by atoms with Gasteiger partial charge in [-0.2, -0.15) is 15.0 Å². The number of hydrogen-bond acceptors (Lipinski definition) is 6. The maximum atomic E-state index is 9.24. The second kappa shape index (κ2) is 7.33. The normalized spacial score (nSPS) is 12.6. The molecule has 0 aromatic carbocycles. The molecule has 0 saturated carbocycles. The van der Waals surface area contributed by atoms with Gasteiger partial charge in [0.05, 0.1) is 19.3 Å². The Labute approximate surface area is 112 Å². The van der Waals surface area contributed by atoms with E-state index in [2.05, 4.69) is 20.3 Å². The third kappa shape index (κ3) is 4.62. The molecule has 0 amide bonds. The van der Waals surface area contributed by atoms with E-state index in [1.807, 2.05) is 20.8 Å². The molecule has 1 aromatic heterocycles. The van der Waals surface area contributed by atoms with Crippen molar-refractivity contribution >= 4 is 17.5 Å². The molecule has 18 heavy (non-hydrogen) atoms. The number of nitrogens with one attached hydrogen (secondary N) is 1. The molecule has 0 saturated heterocycles. The molecule has 6 nitrogen and oxygen atoms in total. The van der Waals surface area contributed by atoms with Gasteiger partial charge >= 0.3 is 6.01 Å². The van der Waals surface area contributed by atoms with Gasteiger partial charge in [-0.15, -0.1) is 0 Å². The van der Waals surface area contributed by atoms with E-state index in [1.165, 1.54) is 0 Å². The summed E-state index contributed by atoms with van der Waals surface area (Å²) in [5.41, 5.74) is 0. The fraction of sp³-hybridized carbons (Fsp3) is 0.727. The predicted octanol–water partition coefficient (Wildman–Crippen LogP) is 1.74. The first kappa shape index (κ1) is 14.9. The maximum Gasteiger partial charge on any atom is 0.322 e. The van der Waals surface area contributed by atoms with Crippen molar-refractivity contribution in [1.29, 1.82) is 0 Å². The van der Waals surface area contributed by atoms with E-state index in [0.717, 1.165) is 6.42 Å². The Morgan fingerprint density at radius 2 is 2.06 bits per heavy atom. The molecule has 0 aliphatic carbocycles. The number of aromatic nitrogens is 3. The Morgan fingerprint density at radius 3 is 2.61 bits per heavy atom. The quantitative estimate of drug-likeness (QED) is 0.788. The van der Waals surface area contributed by atoms with Gasteiger partial charge in [-0.05, 0) is 23.9 Å². The lowest BCUT2D eigenvalue weighted by Crippen LogP contribution is -2.30. The van der Waals surface area contributed by atoms with E-state index in [4.69, 9.17) is 16.3 Å². The lowest BCUT2D eigenvalue weighted by molar-refractivity contribution is 0.248. The largest absolute Gasteiger partial charge is 0.463 e. The number of rotatable bonds is 7. The van der Waals surface area contributed by atoms with Gasteiger partial charge in [0.15, 0.2) is 0 Å². The molecule has 1 heterocycles. The van der Waals surface area contributed by atoms with Crippen molar-refractivity contribution in [2.45, 2.75) is 33.2 Å². The number of halogens is 1. The number of nitrogens with zero attached hydrogens (tertiary/aromatic N) is 3. The highest BCUT2D eigenvalue weighted by Crippen LogP contribution is 2.14. The Balaban J connectivity index is 2.78. The summed E-state index contributed by atoms with van der Waals surface area (Å²) in [7, 11) is 0. The third-order valence-electron chi connectivity index (χ3n) is 2.34. The summed E-state index contributed by atoms with van der Waals surface area (Å²) in [6.45, 7) is 6.48. The summed E-state index contributed by atoms with van der Waals surface area (Å²) in [5, 5.41) is 12.3. The van der Waals surface area contributed by atoms with Crippen LogP contribution in [-0.4, -0.2) is 39.3 Å². The van der Waals surface area contributed by atoms with Crippen LogP contribution in [0.2, 0.25) is 5.28 Å². The summed E-state index contributed by atoms with van der Waals surface area (Å²) in [5.74, 6) is 0.555. The molecule has 0 unspecified atom stereocenters. The van der Waals surface area contributed by atoms with Gasteiger partial charge in [0.25, 0.3) is 0 Å². The van der Waals surface area contributed by atoms with Crippen molar-refractivity contribution in [3.05, 3.63) is 5.28 Å². The smallest absolute Gasteiger partial charge is 0.322 e. The van der Waals surface area contributed by atoms with E-state index < -0.39 is 0 Å². The molecule has 102 valence electrons. The Morgan fingerprint density at radius 1 is 1.33 bits per heavy atom. The summed E-state index contributed by atoms with van der Waals surface area (Å²) >= 11 is 5.79. The highest BCUT2D eigenvalue weighted by Gasteiger charge is 2.14. The summed E-state index contributed by atoms with van der Waals surface area (Å²) < 4.78 is 5.30. The number of hydrogen-bond donors (Lipinski definition) is 2. The molecule has 0 bridgehead atoms. The molecule has 1 rings (SSSR count). The highest BCUT2D eigenvalue weighted by molar-refractivity contribution is 6.28. The van der Waals surface area contributed by atoms with Gasteiger partial charge in [-0.25, -0.2) is 0 Å². The van der Waals surface area contributed by atoms with E-state index in [9.17, 15) is 5.11 Å². The Hall–Kier alpha value is -1.14. The van der Waals surface area contributed by atoms with Gasteiger partial charge in [0.2, 0.25) is 11.2 Å². The molecule has 0 spiro atoms. The Bertz CT molecular complexity index is 376. The first-order valence-electron chi connectivity index (χ1n) is 5.98. The fourth-order valence-corrected chi connectivity index (χ4v) is 1.40. The molecular formula is C11H19ClN4O2. The standard InChI is InChI=1S/C11H19ClN4O2/c1-4-5-18-11-15-9(12)14-10(16-11)13-8(6-17)7(2)3/h7-8,17H,4-6H2,1-3H3,(H,13,14,15,16)/t8-/m1/s1. The van der Waals surface area contributed by atoms with E-state index in [1.54, 1.807) is 0 Å². The predicted molar refractivity (Wildman–Crippen MR) is 70.0 cm³/mol. The minimum atomic E-state index is -0.137. The van der Waals surface area contributed by atoms with Crippen LogP contribution in [0.3, 0.4) is 0 Å². The number of ether oxygens (including phenoxy) is 1. The van der Waals surface area contributed by atoms with Crippen molar-refractivity contribution in [3.8, 4) is 6.01 Å².